The van der Waals surface area contributed by atoms with Crippen molar-refractivity contribution < 1.29 is 4.74 Å². The third-order valence-corrected chi connectivity index (χ3v) is 3.46. The Morgan fingerprint density at radius 1 is 1.25 bits per heavy atom. The summed E-state index contributed by atoms with van der Waals surface area (Å²) in [5.74, 6) is 0.920. The molecule has 3 nitrogen and oxygen atoms in total. The number of para-hydroxylation sites is 1. The summed E-state index contributed by atoms with van der Waals surface area (Å²) >= 11 is 0. The van der Waals surface area contributed by atoms with E-state index in [1.54, 1.807) is 0 Å². The van der Waals surface area contributed by atoms with Crippen molar-refractivity contribution in [2.45, 2.75) is 32.4 Å². The molecule has 1 aliphatic carbocycles. The molecule has 0 saturated heterocycles. The molecule has 0 aliphatic heterocycles. The van der Waals surface area contributed by atoms with Crippen LogP contribution in [0.5, 0.6) is 5.75 Å². The van der Waals surface area contributed by atoms with E-state index in [9.17, 15) is 0 Å². The van der Waals surface area contributed by atoms with Gasteiger partial charge in [-0.15, -0.1) is 0 Å². The first-order chi connectivity index (χ1) is 9.86. The zero-order valence-electron chi connectivity index (χ0n) is 11.8. The number of ether oxygens (including phenoxy) is 1. The molecule has 20 heavy (non-hydrogen) atoms. The molecule has 1 fully saturated rings. The lowest BCUT2D eigenvalue weighted by molar-refractivity contribution is 0.341. The van der Waals surface area contributed by atoms with Crippen LogP contribution in [-0.4, -0.2) is 17.6 Å². The number of nitrogens with zero attached hydrogens (tertiary/aromatic N) is 1. The maximum atomic E-state index is 5.70. The number of rotatable bonds is 6. The second-order valence-electron chi connectivity index (χ2n) is 5.17. The minimum atomic E-state index is 0.674. The molecule has 0 bridgehead atoms. The van der Waals surface area contributed by atoms with E-state index in [1.165, 1.54) is 18.4 Å². The highest BCUT2D eigenvalue weighted by Gasteiger charge is 2.20. The van der Waals surface area contributed by atoms with Crippen LogP contribution in [0.4, 0.5) is 0 Å². The lowest BCUT2D eigenvalue weighted by Crippen LogP contribution is -2.15. The fourth-order valence-corrected chi connectivity index (χ4v) is 2.27. The van der Waals surface area contributed by atoms with E-state index in [0.29, 0.717) is 6.61 Å². The summed E-state index contributed by atoms with van der Waals surface area (Å²) in [4.78, 5) is 4.37. The van der Waals surface area contributed by atoms with Crippen molar-refractivity contribution in [3.8, 4) is 16.9 Å². The number of aromatic nitrogens is 1. The number of pyridine rings is 1. The van der Waals surface area contributed by atoms with E-state index in [4.69, 9.17) is 4.74 Å². The lowest BCUT2D eigenvalue weighted by Gasteiger charge is -2.11. The van der Waals surface area contributed by atoms with Gasteiger partial charge in [0.25, 0.3) is 0 Å². The summed E-state index contributed by atoms with van der Waals surface area (Å²) in [6, 6.07) is 11.0. The SMILES string of the molecule is CCOc1ccccc1-c1cncc(CNC2CC2)c1. The van der Waals surface area contributed by atoms with Gasteiger partial charge in [0.1, 0.15) is 5.75 Å². The van der Waals surface area contributed by atoms with Gasteiger partial charge < -0.3 is 10.1 Å². The molecule has 0 radical (unpaired) electrons. The molecule has 1 aromatic heterocycles. The van der Waals surface area contributed by atoms with Gasteiger partial charge in [0.15, 0.2) is 0 Å². The number of nitrogens with one attached hydrogen (secondary N) is 1. The molecule has 1 saturated carbocycles. The Balaban J connectivity index is 1.83. The molecular weight excluding hydrogens is 248 g/mol. The summed E-state index contributed by atoms with van der Waals surface area (Å²) in [5, 5.41) is 3.52. The first-order valence-electron chi connectivity index (χ1n) is 7.26. The third kappa shape index (κ3) is 3.17. The molecule has 1 aromatic carbocycles. The summed E-state index contributed by atoms with van der Waals surface area (Å²) < 4.78 is 5.70. The van der Waals surface area contributed by atoms with Crippen molar-refractivity contribution in [3.05, 3.63) is 48.3 Å². The smallest absolute Gasteiger partial charge is 0.127 e. The first-order valence-corrected chi connectivity index (χ1v) is 7.26. The first kappa shape index (κ1) is 13.1. The van der Waals surface area contributed by atoms with E-state index in [0.717, 1.165) is 29.5 Å². The number of hydrogen-bond acceptors (Lipinski definition) is 3. The van der Waals surface area contributed by atoms with Crippen molar-refractivity contribution in [2.75, 3.05) is 6.61 Å². The lowest BCUT2D eigenvalue weighted by atomic mass is 10.0. The van der Waals surface area contributed by atoms with Crippen molar-refractivity contribution in [1.82, 2.24) is 10.3 Å². The zero-order chi connectivity index (χ0) is 13.8. The standard InChI is InChI=1S/C17H20N2O/c1-2-20-17-6-4-3-5-16(17)14-9-13(10-18-12-14)11-19-15-7-8-15/h3-6,9-10,12,15,19H,2,7-8,11H2,1H3. The molecule has 0 amide bonds. The van der Waals surface area contributed by atoms with Gasteiger partial charge in [-0.25, -0.2) is 0 Å². The van der Waals surface area contributed by atoms with Crippen LogP contribution in [0.1, 0.15) is 25.3 Å². The summed E-state index contributed by atoms with van der Waals surface area (Å²) in [6.45, 7) is 3.57. The topological polar surface area (TPSA) is 34.1 Å². The molecule has 0 unspecified atom stereocenters. The predicted octanol–water partition coefficient (Wildman–Crippen LogP) is 3.40. The molecule has 2 aromatic rings. The van der Waals surface area contributed by atoms with Crippen LogP contribution in [0.2, 0.25) is 0 Å². The second kappa shape index (κ2) is 6.06. The average molecular weight is 268 g/mol. The highest BCUT2D eigenvalue weighted by atomic mass is 16.5. The van der Waals surface area contributed by atoms with Crippen LogP contribution in [0.3, 0.4) is 0 Å². The number of hydrogen-bond donors (Lipinski definition) is 1. The maximum absolute atomic E-state index is 5.70. The largest absolute Gasteiger partial charge is 0.493 e. The molecule has 104 valence electrons. The van der Waals surface area contributed by atoms with Crippen LogP contribution < -0.4 is 10.1 Å². The molecule has 0 spiro atoms. The molecule has 1 aliphatic rings. The highest BCUT2D eigenvalue weighted by molar-refractivity contribution is 5.70. The van der Waals surface area contributed by atoms with Crippen molar-refractivity contribution in [1.29, 1.82) is 0 Å². The van der Waals surface area contributed by atoms with Crippen molar-refractivity contribution >= 4 is 0 Å². The Hall–Kier alpha value is -1.87. The van der Waals surface area contributed by atoms with Gasteiger partial charge in [-0.2, -0.15) is 0 Å². The second-order valence-corrected chi connectivity index (χ2v) is 5.17. The van der Waals surface area contributed by atoms with Crippen LogP contribution in [-0.2, 0) is 6.54 Å². The van der Waals surface area contributed by atoms with Gasteiger partial charge in [-0.3, -0.25) is 4.98 Å². The summed E-state index contributed by atoms with van der Waals surface area (Å²) in [5.41, 5.74) is 3.44. The van der Waals surface area contributed by atoms with Crippen LogP contribution in [0, 0.1) is 0 Å². The quantitative estimate of drug-likeness (QED) is 0.872. The van der Waals surface area contributed by atoms with E-state index >= 15 is 0 Å². The summed E-state index contributed by atoms with van der Waals surface area (Å²) in [6.07, 6.45) is 6.45. The Labute approximate surface area is 120 Å². The Morgan fingerprint density at radius 2 is 2.10 bits per heavy atom. The minimum absolute atomic E-state index is 0.674. The highest BCUT2D eigenvalue weighted by Crippen LogP contribution is 2.30. The average Bonchev–Trinajstić information content (AvgIpc) is 3.31. The molecule has 1 heterocycles. The number of benzene rings is 1. The van der Waals surface area contributed by atoms with Crippen molar-refractivity contribution in [2.24, 2.45) is 0 Å². The van der Waals surface area contributed by atoms with Gasteiger partial charge >= 0.3 is 0 Å². The summed E-state index contributed by atoms with van der Waals surface area (Å²) in [7, 11) is 0. The van der Waals surface area contributed by atoms with E-state index in [1.807, 2.05) is 37.5 Å². The molecule has 3 heteroatoms. The van der Waals surface area contributed by atoms with Crippen LogP contribution in [0.15, 0.2) is 42.7 Å². The van der Waals surface area contributed by atoms with Gasteiger partial charge in [0.2, 0.25) is 0 Å². The van der Waals surface area contributed by atoms with Gasteiger partial charge in [0, 0.05) is 36.1 Å². The van der Waals surface area contributed by atoms with Gasteiger partial charge in [0.05, 0.1) is 6.61 Å². The predicted molar refractivity (Wildman–Crippen MR) is 80.7 cm³/mol. The van der Waals surface area contributed by atoms with Gasteiger partial charge in [-0.1, -0.05) is 18.2 Å². The zero-order valence-corrected chi connectivity index (χ0v) is 11.8. The van der Waals surface area contributed by atoms with E-state index < -0.39 is 0 Å². The minimum Gasteiger partial charge on any atom is -0.493 e. The monoisotopic (exact) mass is 268 g/mol. The molecule has 3 rings (SSSR count). The maximum Gasteiger partial charge on any atom is 0.127 e. The molecule has 0 atom stereocenters. The molecular formula is C17H20N2O. The van der Waals surface area contributed by atoms with E-state index in [-0.39, 0.29) is 0 Å². The fourth-order valence-electron chi connectivity index (χ4n) is 2.27. The Morgan fingerprint density at radius 3 is 2.90 bits per heavy atom. The fraction of sp³-hybridized carbons (Fsp3) is 0.353. The third-order valence-electron chi connectivity index (χ3n) is 3.46. The van der Waals surface area contributed by atoms with E-state index in [2.05, 4.69) is 22.4 Å². The van der Waals surface area contributed by atoms with Crippen LogP contribution >= 0.6 is 0 Å². The van der Waals surface area contributed by atoms with Crippen molar-refractivity contribution in [3.63, 3.8) is 0 Å². The Bertz CT molecular complexity index is 579. The normalized spacial score (nSPS) is 14.2. The van der Waals surface area contributed by atoms with Crippen LogP contribution in [0.25, 0.3) is 11.1 Å². The Kier molecular flexibility index (Phi) is 3.97. The molecule has 1 N–H and O–H groups in total. The van der Waals surface area contributed by atoms with Gasteiger partial charge in [-0.05, 0) is 37.5 Å².